The number of carbonyl (C=O) groups excluding carboxylic acids is 1. The zero-order valence-corrected chi connectivity index (χ0v) is 20.2. The molecule has 3 aliphatic heterocycles. The molecule has 196 valence electrons. The highest BCUT2D eigenvalue weighted by molar-refractivity contribution is 5.96. The van der Waals surface area contributed by atoms with Gasteiger partial charge in [-0.1, -0.05) is 0 Å². The lowest BCUT2D eigenvalue weighted by Gasteiger charge is -2.38. The third kappa shape index (κ3) is 4.24. The minimum atomic E-state index is -4.51. The fraction of sp³-hybridized carbons (Fsp3) is 0.542. The van der Waals surface area contributed by atoms with Crippen molar-refractivity contribution in [2.24, 2.45) is 5.41 Å². The van der Waals surface area contributed by atoms with Gasteiger partial charge in [-0.15, -0.1) is 5.10 Å². The van der Waals surface area contributed by atoms with Crippen LogP contribution in [0.25, 0.3) is 11.0 Å². The Morgan fingerprint density at radius 2 is 1.95 bits per heavy atom. The summed E-state index contributed by atoms with van der Waals surface area (Å²) in [6, 6.07) is 2.35. The van der Waals surface area contributed by atoms with Gasteiger partial charge >= 0.3 is 6.18 Å². The lowest BCUT2D eigenvalue weighted by atomic mass is 9.77. The van der Waals surface area contributed by atoms with Gasteiger partial charge in [0.1, 0.15) is 17.1 Å². The van der Waals surface area contributed by atoms with Crippen molar-refractivity contribution >= 4 is 28.6 Å². The second-order valence-electron chi connectivity index (χ2n) is 9.82. The second kappa shape index (κ2) is 8.82. The van der Waals surface area contributed by atoms with Crippen LogP contribution in [0.4, 0.5) is 24.8 Å². The summed E-state index contributed by atoms with van der Waals surface area (Å²) in [6.07, 6.45) is 0.197. The molecule has 0 N–H and O–H groups in total. The van der Waals surface area contributed by atoms with Gasteiger partial charge in [-0.3, -0.25) is 4.79 Å². The fourth-order valence-electron chi connectivity index (χ4n) is 5.26. The van der Waals surface area contributed by atoms with Crippen LogP contribution in [-0.2, 0) is 15.7 Å². The second-order valence-corrected chi connectivity index (χ2v) is 9.82. The van der Waals surface area contributed by atoms with Crippen molar-refractivity contribution in [1.29, 1.82) is 0 Å². The first-order valence-corrected chi connectivity index (χ1v) is 12.3. The molecule has 0 saturated carbocycles. The number of alkyl halides is 3. The lowest BCUT2D eigenvalue weighted by molar-refractivity contribution is -0.141. The van der Waals surface area contributed by atoms with Gasteiger partial charge in [0.2, 0.25) is 17.7 Å². The molecule has 1 amide bonds. The summed E-state index contributed by atoms with van der Waals surface area (Å²) in [4.78, 5) is 29.4. The van der Waals surface area contributed by atoms with Gasteiger partial charge < -0.3 is 19.3 Å². The third-order valence-corrected chi connectivity index (χ3v) is 7.43. The molecule has 6 rings (SSSR count). The van der Waals surface area contributed by atoms with Crippen LogP contribution >= 0.6 is 0 Å². The van der Waals surface area contributed by atoms with Crippen molar-refractivity contribution in [3.05, 3.63) is 30.2 Å². The maximum Gasteiger partial charge on any atom is 0.433 e. The van der Waals surface area contributed by atoms with E-state index < -0.39 is 11.9 Å². The SMILES string of the molecule is CCOc1nn(C2COC2)c2nc(N3CCC4(CC3)CC(=O)N(c3ccc(C(F)(F)F)nc3)C4)ncc12. The summed E-state index contributed by atoms with van der Waals surface area (Å²) in [5.41, 5.74) is -0.112. The first kappa shape index (κ1) is 23.9. The topological polar surface area (TPSA) is 98.5 Å². The average molecular weight is 518 g/mol. The Morgan fingerprint density at radius 3 is 2.57 bits per heavy atom. The molecule has 6 heterocycles. The predicted octanol–water partition coefficient (Wildman–Crippen LogP) is 3.23. The van der Waals surface area contributed by atoms with Gasteiger partial charge in [0, 0.05) is 37.7 Å². The molecule has 0 aliphatic carbocycles. The summed E-state index contributed by atoms with van der Waals surface area (Å²) in [5.74, 6) is 1.01. The fourth-order valence-corrected chi connectivity index (χ4v) is 5.26. The van der Waals surface area contributed by atoms with E-state index >= 15 is 0 Å². The van der Waals surface area contributed by atoms with Crippen LogP contribution in [-0.4, -0.2) is 70.1 Å². The number of amides is 1. The highest BCUT2D eigenvalue weighted by Crippen LogP contribution is 2.43. The highest BCUT2D eigenvalue weighted by atomic mass is 19.4. The van der Waals surface area contributed by atoms with Gasteiger partial charge in [-0.2, -0.15) is 18.2 Å². The van der Waals surface area contributed by atoms with Crippen molar-refractivity contribution in [3.8, 4) is 5.88 Å². The summed E-state index contributed by atoms with van der Waals surface area (Å²) in [7, 11) is 0. The van der Waals surface area contributed by atoms with Gasteiger partial charge in [0.15, 0.2) is 5.65 Å². The van der Waals surface area contributed by atoms with E-state index in [0.717, 1.165) is 30.5 Å². The Labute approximate surface area is 210 Å². The van der Waals surface area contributed by atoms with Crippen LogP contribution in [0.2, 0.25) is 0 Å². The van der Waals surface area contributed by atoms with E-state index in [1.807, 2.05) is 11.6 Å². The van der Waals surface area contributed by atoms with Crippen LogP contribution in [0.5, 0.6) is 5.88 Å². The number of aromatic nitrogens is 5. The molecule has 3 aromatic rings. The number of halogens is 3. The Morgan fingerprint density at radius 1 is 1.16 bits per heavy atom. The first-order valence-electron chi connectivity index (χ1n) is 12.3. The Bertz CT molecular complexity index is 1320. The molecule has 0 bridgehead atoms. The van der Waals surface area contributed by atoms with Crippen molar-refractivity contribution in [1.82, 2.24) is 24.7 Å². The van der Waals surface area contributed by atoms with E-state index in [2.05, 4.69) is 20.0 Å². The predicted molar refractivity (Wildman–Crippen MR) is 126 cm³/mol. The zero-order chi connectivity index (χ0) is 25.8. The minimum Gasteiger partial charge on any atom is -0.476 e. The molecule has 0 unspecified atom stereocenters. The molecule has 37 heavy (non-hydrogen) atoms. The standard InChI is InChI=1S/C24H26F3N7O3/c1-2-37-21-17-11-29-22(30-20(17)34(31-21)16-12-36-13-16)32-7-5-23(6-8-32)9-19(35)33(14-23)15-3-4-18(28-10-15)24(25,26)27/h3-4,10-11,16H,2,5-9,12-14H2,1H3. The highest BCUT2D eigenvalue weighted by Gasteiger charge is 2.46. The van der Waals surface area contributed by atoms with E-state index in [-0.39, 0.29) is 17.4 Å². The molecular formula is C24H26F3N7O3. The number of fused-ring (bicyclic) bond motifs is 1. The molecule has 3 aromatic heterocycles. The molecule has 0 radical (unpaired) electrons. The first-order chi connectivity index (χ1) is 17.8. The Balaban J connectivity index is 1.17. The normalized spacial score (nSPS) is 20.2. The van der Waals surface area contributed by atoms with Crippen LogP contribution in [0.15, 0.2) is 24.5 Å². The van der Waals surface area contributed by atoms with E-state index in [9.17, 15) is 18.0 Å². The molecular weight excluding hydrogens is 491 g/mol. The molecule has 3 aliphatic rings. The van der Waals surface area contributed by atoms with Crippen LogP contribution < -0.4 is 14.5 Å². The van der Waals surface area contributed by atoms with E-state index in [0.29, 0.717) is 69.0 Å². The minimum absolute atomic E-state index is 0.0947. The number of anilines is 2. The summed E-state index contributed by atoms with van der Waals surface area (Å²) in [6.45, 7) is 5.33. The monoisotopic (exact) mass is 517 g/mol. The third-order valence-electron chi connectivity index (χ3n) is 7.43. The number of carbonyl (C=O) groups is 1. The van der Waals surface area contributed by atoms with Gasteiger partial charge in [-0.05, 0) is 31.9 Å². The summed E-state index contributed by atoms with van der Waals surface area (Å²) in [5, 5.41) is 5.35. The molecule has 13 heteroatoms. The quantitative estimate of drug-likeness (QED) is 0.509. The molecule has 10 nitrogen and oxygen atoms in total. The van der Waals surface area contributed by atoms with Crippen molar-refractivity contribution in [2.75, 3.05) is 49.3 Å². The van der Waals surface area contributed by atoms with Gasteiger partial charge in [-0.25, -0.2) is 14.6 Å². The van der Waals surface area contributed by atoms with Crippen molar-refractivity contribution < 1.29 is 27.4 Å². The molecule has 3 fully saturated rings. The maximum atomic E-state index is 12.9. The number of pyridine rings is 1. The van der Waals surface area contributed by atoms with E-state index in [1.54, 1.807) is 11.1 Å². The van der Waals surface area contributed by atoms with E-state index in [4.69, 9.17) is 14.5 Å². The van der Waals surface area contributed by atoms with Gasteiger partial charge in [0.05, 0.1) is 31.7 Å². The largest absolute Gasteiger partial charge is 0.476 e. The van der Waals surface area contributed by atoms with Crippen LogP contribution in [0.1, 0.15) is 37.9 Å². The molecule has 3 saturated heterocycles. The van der Waals surface area contributed by atoms with Crippen LogP contribution in [0, 0.1) is 5.41 Å². The molecule has 0 atom stereocenters. The summed E-state index contributed by atoms with van der Waals surface area (Å²) < 4.78 is 51.5. The molecule has 1 spiro atoms. The maximum absolute atomic E-state index is 12.9. The lowest BCUT2D eigenvalue weighted by Crippen LogP contribution is -2.42. The number of rotatable bonds is 5. The number of nitrogens with zero attached hydrogens (tertiary/aromatic N) is 7. The van der Waals surface area contributed by atoms with Crippen molar-refractivity contribution in [3.63, 3.8) is 0 Å². The number of piperidine rings is 1. The number of ether oxygens (including phenoxy) is 2. The Kier molecular flexibility index (Phi) is 5.70. The zero-order valence-electron chi connectivity index (χ0n) is 20.2. The average Bonchev–Trinajstić information content (AvgIpc) is 3.35. The number of hydrogen-bond acceptors (Lipinski definition) is 8. The van der Waals surface area contributed by atoms with E-state index in [1.165, 1.54) is 6.07 Å². The molecule has 0 aromatic carbocycles. The smallest absolute Gasteiger partial charge is 0.433 e. The summed E-state index contributed by atoms with van der Waals surface area (Å²) >= 11 is 0. The van der Waals surface area contributed by atoms with Gasteiger partial charge in [0.25, 0.3) is 0 Å². The Hall–Kier alpha value is -3.48. The van der Waals surface area contributed by atoms with Crippen molar-refractivity contribution in [2.45, 2.75) is 38.4 Å². The van der Waals surface area contributed by atoms with Crippen LogP contribution in [0.3, 0.4) is 0 Å². The number of hydrogen-bond donors (Lipinski definition) is 0.